The van der Waals surface area contributed by atoms with Gasteiger partial charge in [-0.15, -0.1) is 0 Å². The summed E-state index contributed by atoms with van der Waals surface area (Å²) in [5, 5.41) is 3.83. The third kappa shape index (κ3) is 5.55. The molecule has 0 atom stereocenters. The second-order valence-corrected chi connectivity index (χ2v) is 10.0. The van der Waals surface area contributed by atoms with Crippen LogP contribution in [0.25, 0.3) is 22.2 Å². The number of ether oxygens (including phenoxy) is 2. The van der Waals surface area contributed by atoms with Crippen LogP contribution >= 0.6 is 0 Å². The Kier molecular flexibility index (Phi) is 7.32. The van der Waals surface area contributed by atoms with Crippen LogP contribution in [-0.4, -0.2) is 69.3 Å². The smallest absolute Gasteiger partial charge is 0.220 e. The number of aromatic nitrogens is 1. The maximum Gasteiger partial charge on any atom is 0.220 e. The van der Waals surface area contributed by atoms with E-state index < -0.39 is 10.0 Å². The van der Waals surface area contributed by atoms with Crippen molar-refractivity contribution in [3.05, 3.63) is 54.1 Å². The van der Waals surface area contributed by atoms with Gasteiger partial charge >= 0.3 is 0 Å². The zero-order chi connectivity index (χ0) is 23.3. The number of morpholine rings is 1. The normalized spacial score (nSPS) is 14.9. The van der Waals surface area contributed by atoms with Gasteiger partial charge in [-0.3, -0.25) is 4.79 Å². The lowest BCUT2D eigenvalue weighted by molar-refractivity contribution is -0.120. The average molecular weight is 472 g/mol. The van der Waals surface area contributed by atoms with Crippen LogP contribution in [0, 0.1) is 0 Å². The minimum Gasteiger partial charge on any atom is -0.497 e. The minimum atomic E-state index is -3.39. The Morgan fingerprint density at radius 3 is 2.58 bits per heavy atom. The van der Waals surface area contributed by atoms with Crippen LogP contribution in [-0.2, 0) is 26.0 Å². The number of nitrogens with zero attached hydrogens (tertiary/aromatic N) is 1. The minimum absolute atomic E-state index is 0.0950. The Morgan fingerprint density at radius 2 is 1.85 bits per heavy atom. The Hall–Kier alpha value is -2.88. The fourth-order valence-electron chi connectivity index (χ4n) is 4.06. The molecule has 2 heterocycles. The van der Waals surface area contributed by atoms with Crippen molar-refractivity contribution >= 4 is 26.8 Å². The summed E-state index contributed by atoms with van der Waals surface area (Å²) in [6.45, 7) is 1.65. The number of aryl methyl sites for hydroxylation is 1. The van der Waals surface area contributed by atoms with Gasteiger partial charge in [0.1, 0.15) is 5.75 Å². The molecule has 0 bridgehead atoms. The lowest BCUT2D eigenvalue weighted by Crippen LogP contribution is -2.43. The molecule has 33 heavy (non-hydrogen) atoms. The van der Waals surface area contributed by atoms with Gasteiger partial charge in [-0.2, -0.15) is 4.31 Å². The third-order valence-electron chi connectivity index (χ3n) is 5.84. The van der Waals surface area contributed by atoms with Crippen molar-refractivity contribution in [2.45, 2.75) is 12.8 Å². The number of aromatic amines is 1. The first-order valence-electron chi connectivity index (χ1n) is 11.0. The van der Waals surface area contributed by atoms with E-state index in [9.17, 15) is 13.2 Å². The van der Waals surface area contributed by atoms with E-state index in [4.69, 9.17) is 9.47 Å². The molecule has 8 nitrogen and oxygen atoms in total. The highest BCUT2D eigenvalue weighted by Gasteiger charge is 2.24. The number of para-hydroxylation sites is 1. The number of carbonyl (C=O) groups is 1. The number of rotatable bonds is 9. The van der Waals surface area contributed by atoms with Crippen LogP contribution in [0.4, 0.5) is 0 Å². The van der Waals surface area contributed by atoms with Crippen molar-refractivity contribution in [1.82, 2.24) is 14.6 Å². The molecule has 0 aliphatic carbocycles. The van der Waals surface area contributed by atoms with Gasteiger partial charge in [0.25, 0.3) is 0 Å². The molecule has 0 radical (unpaired) electrons. The predicted octanol–water partition coefficient (Wildman–Crippen LogP) is 2.55. The molecule has 1 fully saturated rings. The van der Waals surface area contributed by atoms with E-state index in [1.165, 1.54) is 4.31 Å². The lowest BCUT2D eigenvalue weighted by Gasteiger charge is -2.26. The van der Waals surface area contributed by atoms with Gasteiger partial charge in [0.15, 0.2) is 0 Å². The topological polar surface area (TPSA) is 101 Å². The number of methoxy groups -OCH3 is 1. The van der Waals surface area contributed by atoms with E-state index in [2.05, 4.69) is 10.3 Å². The largest absolute Gasteiger partial charge is 0.497 e. The number of amides is 1. The van der Waals surface area contributed by atoms with E-state index in [0.29, 0.717) is 32.7 Å². The highest BCUT2D eigenvalue weighted by molar-refractivity contribution is 7.89. The predicted molar refractivity (Wildman–Crippen MR) is 128 cm³/mol. The van der Waals surface area contributed by atoms with Gasteiger partial charge in [-0.05, 0) is 47.9 Å². The first-order chi connectivity index (χ1) is 16.0. The van der Waals surface area contributed by atoms with Crippen LogP contribution in [0.1, 0.15) is 12.0 Å². The van der Waals surface area contributed by atoms with E-state index in [1.807, 2.05) is 48.5 Å². The maximum atomic E-state index is 12.5. The van der Waals surface area contributed by atoms with Gasteiger partial charge < -0.3 is 19.8 Å². The van der Waals surface area contributed by atoms with Gasteiger partial charge in [0, 0.05) is 42.7 Å². The standard InChI is InChI=1S/C24H29N3O5S/c1-31-19-8-6-18(7-9-19)24-21(20-4-2-3-5-22(20)26-24)10-11-23(28)25-12-17-33(29,30)27-13-15-32-16-14-27/h2-9,26H,10-17H2,1H3,(H,25,28). The van der Waals surface area contributed by atoms with Gasteiger partial charge in [-0.1, -0.05) is 18.2 Å². The summed E-state index contributed by atoms with van der Waals surface area (Å²) in [5.74, 6) is 0.504. The first-order valence-corrected chi connectivity index (χ1v) is 12.6. The number of nitrogens with one attached hydrogen (secondary N) is 2. The molecule has 176 valence electrons. The molecular formula is C24H29N3O5S. The van der Waals surface area contributed by atoms with Crippen molar-refractivity contribution in [2.24, 2.45) is 0 Å². The quantitative estimate of drug-likeness (QED) is 0.500. The second-order valence-electron chi connectivity index (χ2n) is 7.93. The molecule has 0 spiro atoms. The SMILES string of the molecule is COc1ccc(-c2[nH]c3ccccc3c2CCC(=O)NCCS(=O)(=O)N2CCOCC2)cc1. The number of H-pyrrole nitrogens is 1. The molecule has 4 rings (SSSR count). The summed E-state index contributed by atoms with van der Waals surface area (Å²) >= 11 is 0. The number of hydrogen-bond donors (Lipinski definition) is 2. The van der Waals surface area contributed by atoms with Crippen LogP contribution in [0.3, 0.4) is 0 Å². The summed E-state index contributed by atoms with van der Waals surface area (Å²) in [4.78, 5) is 16.0. The first kappa shape index (κ1) is 23.3. The zero-order valence-electron chi connectivity index (χ0n) is 18.7. The fraction of sp³-hybridized carbons (Fsp3) is 0.375. The molecule has 0 saturated carbocycles. The Balaban J connectivity index is 1.40. The summed E-state index contributed by atoms with van der Waals surface area (Å²) in [7, 11) is -1.76. The van der Waals surface area contributed by atoms with Gasteiger partial charge in [0.05, 0.1) is 26.1 Å². The second kappa shape index (κ2) is 10.4. The van der Waals surface area contributed by atoms with Crippen molar-refractivity contribution in [2.75, 3.05) is 45.7 Å². The van der Waals surface area contributed by atoms with Crippen LogP contribution in [0.15, 0.2) is 48.5 Å². The highest BCUT2D eigenvalue weighted by Crippen LogP contribution is 2.32. The van der Waals surface area contributed by atoms with Crippen molar-refractivity contribution in [1.29, 1.82) is 0 Å². The summed E-state index contributed by atoms with van der Waals surface area (Å²) in [6.07, 6.45) is 0.802. The molecule has 1 aromatic heterocycles. The summed E-state index contributed by atoms with van der Waals surface area (Å²) in [5.41, 5.74) is 4.06. The third-order valence-corrected chi connectivity index (χ3v) is 7.71. The van der Waals surface area contributed by atoms with Crippen LogP contribution in [0.5, 0.6) is 5.75 Å². The molecule has 0 unspecified atom stereocenters. The lowest BCUT2D eigenvalue weighted by atomic mass is 10.0. The number of carbonyl (C=O) groups excluding carboxylic acids is 1. The molecule has 1 aliphatic heterocycles. The number of benzene rings is 2. The number of hydrogen-bond acceptors (Lipinski definition) is 5. The van der Waals surface area contributed by atoms with Crippen molar-refractivity contribution in [3.8, 4) is 17.0 Å². The van der Waals surface area contributed by atoms with Gasteiger partial charge in [0.2, 0.25) is 15.9 Å². The molecule has 2 N–H and O–H groups in total. The van der Waals surface area contributed by atoms with Crippen molar-refractivity contribution in [3.63, 3.8) is 0 Å². The summed E-state index contributed by atoms with van der Waals surface area (Å²) < 4.78 is 36.7. The molecule has 1 aliphatic rings. The van der Waals surface area contributed by atoms with Crippen molar-refractivity contribution < 1.29 is 22.7 Å². The van der Waals surface area contributed by atoms with E-state index in [-0.39, 0.29) is 24.6 Å². The molecular weight excluding hydrogens is 442 g/mol. The average Bonchev–Trinajstić information content (AvgIpc) is 3.22. The molecule has 9 heteroatoms. The zero-order valence-corrected chi connectivity index (χ0v) is 19.5. The molecule has 2 aromatic carbocycles. The Labute approximate surface area is 193 Å². The maximum absolute atomic E-state index is 12.5. The molecule has 3 aromatic rings. The highest BCUT2D eigenvalue weighted by atomic mass is 32.2. The molecule has 1 amide bonds. The Bertz CT molecular complexity index is 1200. The van der Waals surface area contributed by atoms with Crippen LogP contribution in [0.2, 0.25) is 0 Å². The van der Waals surface area contributed by atoms with E-state index in [1.54, 1.807) is 7.11 Å². The van der Waals surface area contributed by atoms with Crippen LogP contribution < -0.4 is 10.1 Å². The molecule has 1 saturated heterocycles. The monoisotopic (exact) mass is 471 g/mol. The number of sulfonamides is 1. The summed E-state index contributed by atoms with van der Waals surface area (Å²) in [6, 6.07) is 15.8. The van der Waals surface area contributed by atoms with E-state index in [0.717, 1.165) is 33.5 Å². The van der Waals surface area contributed by atoms with E-state index >= 15 is 0 Å². The fourth-order valence-corrected chi connectivity index (χ4v) is 5.39. The Morgan fingerprint density at radius 1 is 1.12 bits per heavy atom. The number of fused-ring (bicyclic) bond motifs is 1. The van der Waals surface area contributed by atoms with Gasteiger partial charge in [-0.25, -0.2) is 8.42 Å².